The Hall–Kier alpha value is -3.12. The van der Waals surface area contributed by atoms with Gasteiger partial charge in [0, 0.05) is 56.0 Å². The number of morpholine rings is 1. The molecule has 156 valence electrons. The molecule has 0 unspecified atom stereocenters. The average molecular weight is 405 g/mol. The molecule has 1 saturated heterocycles. The maximum Gasteiger partial charge on any atom is 0.268 e. The van der Waals surface area contributed by atoms with Gasteiger partial charge >= 0.3 is 0 Å². The third kappa shape index (κ3) is 4.71. The van der Waals surface area contributed by atoms with Gasteiger partial charge in [-0.2, -0.15) is 0 Å². The first kappa shape index (κ1) is 20.2. The molecule has 0 saturated carbocycles. The highest BCUT2D eigenvalue weighted by atomic mass is 16.5. The lowest BCUT2D eigenvalue weighted by Crippen LogP contribution is -2.36. The maximum absolute atomic E-state index is 12.9. The van der Waals surface area contributed by atoms with Gasteiger partial charge in [-0.15, -0.1) is 0 Å². The molecule has 1 N–H and O–H groups in total. The van der Waals surface area contributed by atoms with Crippen molar-refractivity contribution in [2.24, 2.45) is 0 Å². The number of pyridine rings is 1. The van der Waals surface area contributed by atoms with Crippen molar-refractivity contribution in [1.82, 2.24) is 14.9 Å². The van der Waals surface area contributed by atoms with Crippen molar-refractivity contribution in [3.63, 3.8) is 0 Å². The van der Waals surface area contributed by atoms with Crippen molar-refractivity contribution in [1.29, 1.82) is 0 Å². The topological polar surface area (TPSA) is 59.4 Å². The summed E-state index contributed by atoms with van der Waals surface area (Å²) < 4.78 is 7.45. The Labute approximate surface area is 177 Å². The highest BCUT2D eigenvalue weighted by molar-refractivity contribution is 5.94. The minimum Gasteiger partial charge on any atom is -0.378 e. The summed E-state index contributed by atoms with van der Waals surface area (Å²) in [6.45, 7) is 6.82. The van der Waals surface area contributed by atoms with Gasteiger partial charge in [0.2, 0.25) is 0 Å². The van der Waals surface area contributed by atoms with Crippen molar-refractivity contribution in [3.8, 4) is 11.1 Å². The quantitative estimate of drug-likeness (QED) is 0.652. The molecule has 6 heteroatoms. The van der Waals surface area contributed by atoms with E-state index < -0.39 is 0 Å². The molecule has 0 atom stereocenters. The fourth-order valence-corrected chi connectivity index (χ4v) is 3.75. The number of aromatic nitrogens is 2. The first-order valence-corrected chi connectivity index (χ1v) is 10.5. The molecule has 1 aliphatic rings. The lowest BCUT2D eigenvalue weighted by atomic mass is 10.1. The van der Waals surface area contributed by atoms with E-state index >= 15 is 0 Å². The van der Waals surface area contributed by atoms with Gasteiger partial charge in [-0.05, 0) is 47.9 Å². The summed E-state index contributed by atoms with van der Waals surface area (Å²) in [4.78, 5) is 19.3. The van der Waals surface area contributed by atoms with E-state index in [0.29, 0.717) is 12.2 Å². The Kier molecular flexibility index (Phi) is 6.44. The van der Waals surface area contributed by atoms with Gasteiger partial charge < -0.3 is 19.5 Å². The number of benzene rings is 1. The minimum absolute atomic E-state index is 0.0546. The van der Waals surface area contributed by atoms with E-state index in [4.69, 9.17) is 4.74 Å². The first-order valence-electron chi connectivity index (χ1n) is 10.5. The van der Waals surface area contributed by atoms with Crippen molar-refractivity contribution in [2.45, 2.75) is 26.4 Å². The average Bonchev–Trinajstić information content (AvgIpc) is 3.23. The number of carbonyl (C=O) groups is 1. The Morgan fingerprint density at radius 3 is 2.50 bits per heavy atom. The van der Waals surface area contributed by atoms with Crippen LogP contribution in [0.2, 0.25) is 0 Å². The van der Waals surface area contributed by atoms with Crippen molar-refractivity contribution in [3.05, 3.63) is 72.3 Å². The van der Waals surface area contributed by atoms with Gasteiger partial charge in [-0.25, -0.2) is 0 Å². The predicted octanol–water partition coefficient (Wildman–Crippen LogP) is 3.73. The van der Waals surface area contributed by atoms with E-state index in [0.717, 1.165) is 56.0 Å². The van der Waals surface area contributed by atoms with Crippen LogP contribution in [0.4, 0.5) is 5.69 Å². The zero-order valence-corrected chi connectivity index (χ0v) is 17.4. The number of carbonyl (C=O) groups excluding carboxylic acids is 1. The summed E-state index contributed by atoms with van der Waals surface area (Å²) in [5.41, 5.74) is 5.07. The summed E-state index contributed by atoms with van der Waals surface area (Å²) in [7, 11) is 0. The number of nitrogens with one attached hydrogen (secondary N) is 1. The smallest absolute Gasteiger partial charge is 0.268 e. The second-order valence-corrected chi connectivity index (χ2v) is 7.49. The van der Waals surface area contributed by atoms with Crippen molar-refractivity contribution >= 4 is 11.6 Å². The first-order chi connectivity index (χ1) is 14.7. The van der Waals surface area contributed by atoms with E-state index in [-0.39, 0.29) is 5.91 Å². The number of hydrogen-bond donors (Lipinski definition) is 1. The molecule has 3 aromatic rings. The van der Waals surface area contributed by atoms with Crippen LogP contribution in [0.3, 0.4) is 0 Å². The molecule has 6 nitrogen and oxygen atoms in total. The zero-order valence-electron chi connectivity index (χ0n) is 17.4. The standard InChI is InChI=1S/C24H28N4O2/c1-2-11-28-18-21(20-7-9-25-10-8-20)16-23(28)24(29)26-17-19-3-5-22(6-4-19)27-12-14-30-15-13-27/h3-10,16,18H,2,11-15,17H2,1H3,(H,26,29). The van der Waals surface area contributed by atoms with Crippen LogP contribution in [0.5, 0.6) is 0 Å². The van der Waals surface area contributed by atoms with Crippen LogP contribution in [0, 0.1) is 0 Å². The summed E-state index contributed by atoms with van der Waals surface area (Å²) in [6, 6.07) is 14.3. The molecule has 1 fully saturated rings. The molecule has 0 aliphatic carbocycles. The Morgan fingerprint density at radius 1 is 1.07 bits per heavy atom. The lowest BCUT2D eigenvalue weighted by molar-refractivity contribution is 0.0941. The number of anilines is 1. The van der Waals surface area contributed by atoms with E-state index in [1.54, 1.807) is 12.4 Å². The van der Waals surface area contributed by atoms with Gasteiger partial charge in [0.05, 0.1) is 13.2 Å². The maximum atomic E-state index is 12.9. The van der Waals surface area contributed by atoms with Gasteiger partial charge in [-0.1, -0.05) is 19.1 Å². The Balaban J connectivity index is 1.42. The highest BCUT2D eigenvalue weighted by Crippen LogP contribution is 2.22. The second kappa shape index (κ2) is 9.59. The summed E-state index contributed by atoms with van der Waals surface area (Å²) >= 11 is 0. The largest absolute Gasteiger partial charge is 0.378 e. The molecule has 1 amide bonds. The molecule has 0 bridgehead atoms. The Bertz CT molecular complexity index is 961. The van der Waals surface area contributed by atoms with E-state index in [1.165, 1.54) is 5.69 Å². The number of aryl methyl sites for hydroxylation is 1. The lowest BCUT2D eigenvalue weighted by Gasteiger charge is -2.28. The van der Waals surface area contributed by atoms with Gasteiger partial charge in [0.25, 0.3) is 5.91 Å². The third-order valence-electron chi connectivity index (χ3n) is 5.37. The second-order valence-electron chi connectivity index (χ2n) is 7.49. The van der Waals surface area contributed by atoms with Crippen molar-refractivity contribution in [2.75, 3.05) is 31.2 Å². The fourth-order valence-electron chi connectivity index (χ4n) is 3.75. The zero-order chi connectivity index (χ0) is 20.8. The summed E-state index contributed by atoms with van der Waals surface area (Å²) in [5, 5.41) is 3.07. The molecule has 4 rings (SSSR count). The van der Waals surface area contributed by atoms with Crippen molar-refractivity contribution < 1.29 is 9.53 Å². The number of nitrogens with zero attached hydrogens (tertiary/aromatic N) is 3. The molecule has 0 spiro atoms. The van der Waals surface area contributed by atoms with Crippen LogP contribution in [0.25, 0.3) is 11.1 Å². The molecular formula is C24H28N4O2. The summed E-state index contributed by atoms with van der Waals surface area (Å²) in [6.07, 6.45) is 6.55. The number of ether oxygens (including phenoxy) is 1. The van der Waals surface area contributed by atoms with E-state index in [2.05, 4.69) is 46.4 Å². The third-order valence-corrected chi connectivity index (χ3v) is 5.37. The van der Waals surface area contributed by atoms with E-state index in [1.807, 2.05) is 29.0 Å². The number of hydrogen-bond acceptors (Lipinski definition) is 4. The Morgan fingerprint density at radius 2 is 1.80 bits per heavy atom. The predicted molar refractivity (Wildman–Crippen MR) is 119 cm³/mol. The number of amides is 1. The van der Waals surface area contributed by atoms with Gasteiger partial charge in [0.15, 0.2) is 0 Å². The normalized spacial score (nSPS) is 14.0. The monoisotopic (exact) mass is 404 g/mol. The molecule has 1 aliphatic heterocycles. The van der Waals surface area contributed by atoms with E-state index in [9.17, 15) is 4.79 Å². The van der Waals surface area contributed by atoms with Crippen LogP contribution >= 0.6 is 0 Å². The van der Waals surface area contributed by atoms with Gasteiger partial charge in [0.1, 0.15) is 5.69 Å². The molecular weight excluding hydrogens is 376 g/mol. The number of rotatable bonds is 7. The minimum atomic E-state index is -0.0546. The van der Waals surface area contributed by atoms with Crippen LogP contribution in [0.1, 0.15) is 29.4 Å². The van der Waals surface area contributed by atoms with Crippen LogP contribution in [-0.4, -0.2) is 41.8 Å². The van der Waals surface area contributed by atoms with Crippen LogP contribution < -0.4 is 10.2 Å². The SMILES string of the molecule is CCCn1cc(-c2ccncc2)cc1C(=O)NCc1ccc(N2CCOCC2)cc1. The van der Waals surface area contributed by atoms with Crippen LogP contribution in [-0.2, 0) is 17.8 Å². The summed E-state index contributed by atoms with van der Waals surface area (Å²) in [5.74, 6) is -0.0546. The molecule has 0 radical (unpaired) electrons. The van der Waals surface area contributed by atoms with Gasteiger partial charge in [-0.3, -0.25) is 9.78 Å². The molecule has 1 aromatic carbocycles. The molecule has 30 heavy (non-hydrogen) atoms. The highest BCUT2D eigenvalue weighted by Gasteiger charge is 2.15. The van der Waals surface area contributed by atoms with Crippen LogP contribution in [0.15, 0.2) is 61.1 Å². The molecule has 3 heterocycles. The molecule has 2 aromatic heterocycles. The fraction of sp³-hybridized carbons (Fsp3) is 0.333.